The number of hydrogen-bond acceptors (Lipinski definition) is 2. The minimum Gasteiger partial charge on any atom is -0.480 e. The van der Waals surface area contributed by atoms with Gasteiger partial charge in [0.1, 0.15) is 6.04 Å². The third-order valence-electron chi connectivity index (χ3n) is 3.03. The maximum atomic E-state index is 11.6. The van der Waals surface area contributed by atoms with E-state index in [0.29, 0.717) is 13.0 Å². The van der Waals surface area contributed by atoms with E-state index in [0.717, 1.165) is 19.3 Å². The molecule has 0 aromatic carbocycles. The summed E-state index contributed by atoms with van der Waals surface area (Å²) in [6, 6.07) is -0.729. The molecule has 0 bridgehead atoms. The van der Waals surface area contributed by atoms with Crippen LogP contribution in [0, 0.1) is 5.92 Å². The molecule has 1 N–H and O–H groups in total. The summed E-state index contributed by atoms with van der Waals surface area (Å²) in [5.41, 5.74) is 0. The molecule has 4 heteroatoms. The number of carboxylic acid groups (broad SMARTS) is 1. The number of likely N-dealkylation sites (tertiary alicyclic amines) is 1. The topological polar surface area (TPSA) is 57.6 Å². The predicted molar refractivity (Wildman–Crippen MR) is 61.0 cm³/mol. The number of carbonyl (C=O) groups is 2. The Labute approximate surface area is 95.9 Å². The number of hydrogen-bond donors (Lipinski definition) is 1. The van der Waals surface area contributed by atoms with Gasteiger partial charge in [0, 0.05) is 18.9 Å². The van der Waals surface area contributed by atoms with Crippen LogP contribution < -0.4 is 0 Å². The lowest BCUT2D eigenvalue weighted by molar-refractivity contribution is -0.150. The Hall–Kier alpha value is -1.32. The van der Waals surface area contributed by atoms with Crippen LogP contribution in [0.15, 0.2) is 12.7 Å². The highest BCUT2D eigenvalue weighted by Gasteiger charge is 2.36. The molecule has 1 amide bonds. The molecular weight excluding hydrogens is 206 g/mol. The Kier molecular flexibility index (Phi) is 4.52. The molecule has 1 heterocycles. The molecule has 1 rings (SSSR count). The zero-order valence-corrected chi connectivity index (χ0v) is 9.69. The van der Waals surface area contributed by atoms with Crippen molar-refractivity contribution in [2.24, 2.45) is 5.92 Å². The van der Waals surface area contributed by atoms with Crippen molar-refractivity contribution in [3.63, 3.8) is 0 Å². The maximum Gasteiger partial charge on any atom is 0.327 e. The van der Waals surface area contributed by atoms with Gasteiger partial charge >= 0.3 is 5.97 Å². The number of nitrogens with zero attached hydrogens (tertiary/aromatic N) is 1. The van der Waals surface area contributed by atoms with Gasteiger partial charge in [-0.15, -0.1) is 6.58 Å². The van der Waals surface area contributed by atoms with Crippen molar-refractivity contribution in [3.8, 4) is 0 Å². The lowest BCUT2D eigenvalue weighted by Crippen LogP contribution is -2.46. The van der Waals surface area contributed by atoms with E-state index in [9.17, 15) is 14.7 Å². The van der Waals surface area contributed by atoms with Gasteiger partial charge in [-0.05, 0) is 12.8 Å². The average Bonchev–Trinajstić information content (AvgIpc) is 2.63. The molecule has 1 fully saturated rings. The van der Waals surface area contributed by atoms with Crippen LogP contribution in [0.4, 0.5) is 0 Å². The summed E-state index contributed by atoms with van der Waals surface area (Å²) in [5.74, 6) is -1.12. The van der Waals surface area contributed by atoms with Crippen molar-refractivity contribution in [2.75, 3.05) is 6.54 Å². The van der Waals surface area contributed by atoms with Gasteiger partial charge in [-0.1, -0.05) is 19.4 Å². The molecule has 1 aliphatic heterocycles. The van der Waals surface area contributed by atoms with Crippen molar-refractivity contribution >= 4 is 11.9 Å². The highest BCUT2D eigenvalue weighted by atomic mass is 16.4. The molecule has 0 unspecified atom stereocenters. The summed E-state index contributed by atoms with van der Waals surface area (Å²) in [5, 5.41) is 9.24. The highest BCUT2D eigenvalue weighted by Crippen LogP contribution is 2.23. The van der Waals surface area contributed by atoms with Gasteiger partial charge in [-0.3, -0.25) is 4.79 Å². The van der Waals surface area contributed by atoms with Crippen LogP contribution in [-0.2, 0) is 9.59 Å². The Morgan fingerprint density at radius 3 is 2.75 bits per heavy atom. The van der Waals surface area contributed by atoms with Crippen LogP contribution in [0.1, 0.15) is 32.6 Å². The monoisotopic (exact) mass is 225 g/mol. The minimum absolute atomic E-state index is 0.0460. The molecule has 0 spiro atoms. The first-order chi connectivity index (χ1) is 7.61. The molecule has 1 aliphatic rings. The first-order valence-electron chi connectivity index (χ1n) is 5.76. The van der Waals surface area contributed by atoms with E-state index in [1.807, 2.05) is 6.92 Å². The summed E-state index contributed by atoms with van der Waals surface area (Å²) in [6.45, 7) is 6.24. The second-order valence-electron chi connectivity index (χ2n) is 4.16. The van der Waals surface area contributed by atoms with Gasteiger partial charge in [0.25, 0.3) is 0 Å². The minimum atomic E-state index is -0.923. The standard InChI is InChI=1S/C12H19NO3/c1-3-6-9(4-2)11(12(15)16)13-8-5-7-10(13)14/h4,9,11H,2-3,5-8H2,1H3,(H,15,16)/t9-,11-/m1/s1. The summed E-state index contributed by atoms with van der Waals surface area (Å²) >= 11 is 0. The van der Waals surface area contributed by atoms with Crippen molar-refractivity contribution in [2.45, 2.75) is 38.6 Å². The molecule has 4 nitrogen and oxygen atoms in total. The molecular formula is C12H19NO3. The summed E-state index contributed by atoms with van der Waals surface area (Å²) in [7, 11) is 0. The van der Waals surface area contributed by atoms with E-state index < -0.39 is 12.0 Å². The second kappa shape index (κ2) is 5.68. The fourth-order valence-electron chi connectivity index (χ4n) is 2.25. The summed E-state index contributed by atoms with van der Waals surface area (Å²) < 4.78 is 0. The van der Waals surface area contributed by atoms with Crippen LogP contribution in [0.3, 0.4) is 0 Å². The molecule has 0 saturated carbocycles. The van der Waals surface area contributed by atoms with E-state index >= 15 is 0 Å². The third-order valence-corrected chi connectivity index (χ3v) is 3.03. The summed E-state index contributed by atoms with van der Waals surface area (Å²) in [6.07, 6.45) is 4.54. The molecule has 1 saturated heterocycles. The van der Waals surface area contributed by atoms with Crippen LogP contribution in [0.5, 0.6) is 0 Å². The number of carbonyl (C=O) groups excluding carboxylic acids is 1. The molecule has 90 valence electrons. The Bertz CT molecular complexity index is 288. The number of aliphatic carboxylic acids is 1. The quantitative estimate of drug-likeness (QED) is 0.699. The van der Waals surface area contributed by atoms with Crippen LogP contribution >= 0.6 is 0 Å². The molecule has 16 heavy (non-hydrogen) atoms. The Morgan fingerprint density at radius 2 is 2.38 bits per heavy atom. The molecule has 0 radical (unpaired) electrons. The van der Waals surface area contributed by atoms with E-state index in [-0.39, 0.29) is 11.8 Å². The average molecular weight is 225 g/mol. The Balaban J connectivity index is 2.84. The van der Waals surface area contributed by atoms with Gasteiger partial charge in [-0.2, -0.15) is 0 Å². The molecule has 0 aromatic heterocycles. The Morgan fingerprint density at radius 1 is 1.69 bits per heavy atom. The van der Waals surface area contributed by atoms with Gasteiger partial charge < -0.3 is 10.0 Å². The number of carboxylic acids is 1. The highest BCUT2D eigenvalue weighted by molar-refractivity contribution is 5.85. The van der Waals surface area contributed by atoms with Crippen molar-refractivity contribution in [1.82, 2.24) is 4.90 Å². The SMILES string of the molecule is C=C[C@H](CCC)[C@H](C(=O)O)N1CCCC1=O. The van der Waals surface area contributed by atoms with Crippen LogP contribution in [0.25, 0.3) is 0 Å². The van der Waals surface area contributed by atoms with E-state index in [1.165, 1.54) is 4.90 Å². The number of rotatable bonds is 6. The van der Waals surface area contributed by atoms with Gasteiger partial charge in [0.15, 0.2) is 0 Å². The largest absolute Gasteiger partial charge is 0.480 e. The van der Waals surface area contributed by atoms with Crippen LogP contribution in [-0.4, -0.2) is 34.5 Å². The van der Waals surface area contributed by atoms with Crippen molar-refractivity contribution in [3.05, 3.63) is 12.7 Å². The van der Waals surface area contributed by atoms with Gasteiger partial charge in [0.2, 0.25) is 5.91 Å². The van der Waals surface area contributed by atoms with E-state index in [2.05, 4.69) is 6.58 Å². The van der Waals surface area contributed by atoms with Crippen LogP contribution in [0.2, 0.25) is 0 Å². The zero-order valence-electron chi connectivity index (χ0n) is 9.69. The van der Waals surface area contributed by atoms with Crippen molar-refractivity contribution < 1.29 is 14.7 Å². The lowest BCUT2D eigenvalue weighted by atomic mass is 9.94. The second-order valence-corrected chi connectivity index (χ2v) is 4.16. The third kappa shape index (κ3) is 2.62. The zero-order chi connectivity index (χ0) is 12.1. The van der Waals surface area contributed by atoms with E-state index in [4.69, 9.17) is 0 Å². The maximum absolute atomic E-state index is 11.6. The molecule has 0 aliphatic carbocycles. The van der Waals surface area contributed by atoms with E-state index in [1.54, 1.807) is 6.08 Å². The summed E-state index contributed by atoms with van der Waals surface area (Å²) in [4.78, 5) is 24.3. The van der Waals surface area contributed by atoms with Crippen molar-refractivity contribution in [1.29, 1.82) is 0 Å². The first kappa shape index (κ1) is 12.7. The normalized spacial score (nSPS) is 19.6. The van der Waals surface area contributed by atoms with Gasteiger partial charge in [-0.25, -0.2) is 4.79 Å². The molecule has 0 aromatic rings. The fourth-order valence-corrected chi connectivity index (χ4v) is 2.25. The smallest absolute Gasteiger partial charge is 0.327 e. The first-order valence-corrected chi connectivity index (χ1v) is 5.76. The fraction of sp³-hybridized carbons (Fsp3) is 0.667. The van der Waals surface area contributed by atoms with Gasteiger partial charge in [0.05, 0.1) is 0 Å². The lowest BCUT2D eigenvalue weighted by Gasteiger charge is -2.29. The predicted octanol–water partition coefficient (Wildman–Crippen LogP) is 1.66. The molecule has 2 atom stereocenters. The number of amides is 1.